The number of carbonyl (C=O) groups is 1. The van der Waals surface area contributed by atoms with E-state index in [1.54, 1.807) is 13.1 Å². The smallest absolute Gasteiger partial charge is 0.236 e. The van der Waals surface area contributed by atoms with Crippen LogP contribution in [0.2, 0.25) is 0 Å². The standard InChI is InChI=1S/C9H12N2OS/c1-6-3-4-8(5-10-6)11-9(12)7(2)13/h3-5,7,13H,1-2H3,(H,11,12). The Bertz CT molecular complexity index is 295. The lowest BCUT2D eigenvalue weighted by molar-refractivity contribution is -0.115. The van der Waals surface area contributed by atoms with E-state index in [1.165, 1.54) is 0 Å². The summed E-state index contributed by atoms with van der Waals surface area (Å²) in [5.74, 6) is -0.117. The van der Waals surface area contributed by atoms with E-state index in [9.17, 15) is 4.79 Å². The molecule has 1 atom stereocenters. The van der Waals surface area contributed by atoms with Gasteiger partial charge in [-0.05, 0) is 26.0 Å². The Morgan fingerprint density at radius 2 is 2.31 bits per heavy atom. The van der Waals surface area contributed by atoms with E-state index in [0.717, 1.165) is 5.69 Å². The van der Waals surface area contributed by atoms with E-state index in [4.69, 9.17) is 0 Å². The quantitative estimate of drug-likeness (QED) is 0.706. The topological polar surface area (TPSA) is 42.0 Å². The number of thiol groups is 1. The van der Waals surface area contributed by atoms with Gasteiger partial charge in [-0.1, -0.05) is 0 Å². The largest absolute Gasteiger partial charge is 0.324 e. The minimum atomic E-state index is -0.304. The summed E-state index contributed by atoms with van der Waals surface area (Å²) in [4.78, 5) is 15.2. The third-order valence-electron chi connectivity index (χ3n) is 1.56. The summed E-state index contributed by atoms with van der Waals surface area (Å²) in [5, 5.41) is 2.39. The van der Waals surface area contributed by atoms with Crippen molar-refractivity contribution in [3.63, 3.8) is 0 Å². The Balaban J connectivity index is 2.65. The molecule has 1 unspecified atom stereocenters. The van der Waals surface area contributed by atoms with Crippen LogP contribution in [0.25, 0.3) is 0 Å². The van der Waals surface area contributed by atoms with Crippen LogP contribution in [0.5, 0.6) is 0 Å². The highest BCUT2D eigenvalue weighted by Gasteiger charge is 2.07. The van der Waals surface area contributed by atoms with Crippen molar-refractivity contribution in [3.05, 3.63) is 24.0 Å². The zero-order chi connectivity index (χ0) is 9.84. The van der Waals surface area contributed by atoms with Crippen molar-refractivity contribution in [1.82, 2.24) is 4.98 Å². The van der Waals surface area contributed by atoms with Gasteiger partial charge >= 0.3 is 0 Å². The van der Waals surface area contributed by atoms with Gasteiger partial charge in [0.15, 0.2) is 0 Å². The molecule has 0 aliphatic rings. The van der Waals surface area contributed by atoms with E-state index in [0.29, 0.717) is 5.69 Å². The van der Waals surface area contributed by atoms with Gasteiger partial charge in [-0.3, -0.25) is 9.78 Å². The predicted octanol–water partition coefficient (Wildman–Crippen LogP) is 1.65. The fourth-order valence-electron chi connectivity index (χ4n) is 0.788. The Morgan fingerprint density at radius 1 is 1.62 bits per heavy atom. The van der Waals surface area contributed by atoms with Gasteiger partial charge in [0, 0.05) is 5.69 Å². The second kappa shape index (κ2) is 4.28. The average Bonchev–Trinajstić information content (AvgIpc) is 2.08. The van der Waals surface area contributed by atoms with Gasteiger partial charge in [-0.15, -0.1) is 0 Å². The Hall–Kier alpha value is -1.03. The second-order valence-corrected chi connectivity index (χ2v) is 3.63. The lowest BCUT2D eigenvalue weighted by atomic mass is 10.3. The van der Waals surface area contributed by atoms with Crippen molar-refractivity contribution >= 4 is 24.2 Å². The molecule has 13 heavy (non-hydrogen) atoms. The number of nitrogens with zero attached hydrogens (tertiary/aromatic N) is 1. The molecule has 1 aromatic rings. The molecule has 0 saturated carbocycles. The van der Waals surface area contributed by atoms with Crippen LogP contribution in [-0.2, 0) is 4.79 Å². The van der Waals surface area contributed by atoms with Gasteiger partial charge in [-0.25, -0.2) is 0 Å². The molecule has 1 amide bonds. The fraction of sp³-hybridized carbons (Fsp3) is 0.333. The number of hydrogen-bond acceptors (Lipinski definition) is 3. The number of aryl methyl sites for hydroxylation is 1. The third kappa shape index (κ3) is 3.06. The van der Waals surface area contributed by atoms with Crippen molar-refractivity contribution in [3.8, 4) is 0 Å². The summed E-state index contributed by atoms with van der Waals surface area (Å²) in [6.45, 7) is 3.62. The summed E-state index contributed by atoms with van der Waals surface area (Å²) in [6, 6.07) is 3.66. The van der Waals surface area contributed by atoms with Crippen LogP contribution in [0.4, 0.5) is 5.69 Å². The first-order valence-electron chi connectivity index (χ1n) is 4.01. The first-order chi connectivity index (χ1) is 6.09. The number of rotatable bonds is 2. The second-order valence-electron chi connectivity index (χ2n) is 2.85. The minimum Gasteiger partial charge on any atom is -0.324 e. The summed E-state index contributed by atoms with van der Waals surface area (Å²) >= 11 is 4.01. The van der Waals surface area contributed by atoms with Crippen LogP contribution in [0.3, 0.4) is 0 Å². The Labute approximate surface area is 83.0 Å². The van der Waals surface area contributed by atoms with Crippen molar-refractivity contribution in [2.75, 3.05) is 5.32 Å². The van der Waals surface area contributed by atoms with E-state index in [2.05, 4.69) is 22.9 Å². The molecular formula is C9H12N2OS. The van der Waals surface area contributed by atoms with E-state index >= 15 is 0 Å². The molecule has 1 heterocycles. The molecule has 70 valence electrons. The molecule has 1 N–H and O–H groups in total. The van der Waals surface area contributed by atoms with Crippen LogP contribution in [-0.4, -0.2) is 16.1 Å². The average molecular weight is 196 g/mol. The van der Waals surface area contributed by atoms with Crippen LogP contribution in [0.15, 0.2) is 18.3 Å². The highest BCUT2D eigenvalue weighted by atomic mass is 32.1. The maximum Gasteiger partial charge on any atom is 0.236 e. The van der Waals surface area contributed by atoms with Gasteiger partial charge in [0.25, 0.3) is 0 Å². The highest BCUT2D eigenvalue weighted by Crippen LogP contribution is 2.06. The summed E-state index contributed by atoms with van der Waals surface area (Å²) in [6.07, 6.45) is 1.63. The molecule has 0 aliphatic heterocycles. The van der Waals surface area contributed by atoms with Gasteiger partial charge in [0.2, 0.25) is 5.91 Å². The normalized spacial score (nSPS) is 12.2. The SMILES string of the molecule is Cc1ccc(NC(=O)C(C)S)cn1. The van der Waals surface area contributed by atoms with Crippen LogP contribution >= 0.6 is 12.6 Å². The maximum atomic E-state index is 11.2. The van der Waals surface area contributed by atoms with E-state index in [-0.39, 0.29) is 11.2 Å². The molecule has 0 radical (unpaired) electrons. The number of hydrogen-bond donors (Lipinski definition) is 2. The van der Waals surface area contributed by atoms with Crippen molar-refractivity contribution in [2.45, 2.75) is 19.1 Å². The Morgan fingerprint density at radius 3 is 2.77 bits per heavy atom. The molecule has 0 aliphatic carbocycles. The first-order valence-corrected chi connectivity index (χ1v) is 4.53. The summed E-state index contributed by atoms with van der Waals surface area (Å²) in [5.41, 5.74) is 1.63. The van der Waals surface area contributed by atoms with E-state index < -0.39 is 0 Å². The first kappa shape index (κ1) is 10.1. The number of aromatic nitrogens is 1. The van der Waals surface area contributed by atoms with Crippen molar-refractivity contribution < 1.29 is 4.79 Å². The van der Waals surface area contributed by atoms with Crippen molar-refractivity contribution in [1.29, 1.82) is 0 Å². The number of anilines is 1. The van der Waals surface area contributed by atoms with Crippen LogP contribution in [0, 0.1) is 6.92 Å². The zero-order valence-electron chi connectivity index (χ0n) is 7.61. The summed E-state index contributed by atoms with van der Waals surface area (Å²) in [7, 11) is 0. The molecule has 0 spiro atoms. The van der Waals surface area contributed by atoms with Crippen LogP contribution in [0.1, 0.15) is 12.6 Å². The number of nitrogens with one attached hydrogen (secondary N) is 1. The van der Waals surface area contributed by atoms with Crippen LogP contribution < -0.4 is 5.32 Å². The number of carbonyl (C=O) groups excluding carboxylic acids is 1. The molecular weight excluding hydrogens is 184 g/mol. The van der Waals surface area contributed by atoms with Gasteiger partial charge < -0.3 is 5.32 Å². The van der Waals surface area contributed by atoms with E-state index in [1.807, 2.05) is 19.1 Å². The Kier molecular flexibility index (Phi) is 3.31. The maximum absolute atomic E-state index is 11.2. The molecule has 0 fully saturated rings. The molecule has 0 bridgehead atoms. The number of amides is 1. The third-order valence-corrected chi connectivity index (χ3v) is 1.79. The molecule has 0 saturated heterocycles. The monoisotopic (exact) mass is 196 g/mol. The van der Waals surface area contributed by atoms with Gasteiger partial charge in [-0.2, -0.15) is 12.6 Å². The highest BCUT2D eigenvalue weighted by molar-refractivity contribution is 7.81. The number of pyridine rings is 1. The van der Waals surface area contributed by atoms with Gasteiger partial charge in [0.05, 0.1) is 17.1 Å². The fourth-order valence-corrected chi connectivity index (χ4v) is 0.853. The molecule has 0 aromatic carbocycles. The predicted molar refractivity (Wildman–Crippen MR) is 56.1 cm³/mol. The summed E-state index contributed by atoms with van der Waals surface area (Å²) < 4.78 is 0. The lowest BCUT2D eigenvalue weighted by Crippen LogP contribution is -2.20. The minimum absolute atomic E-state index is 0.117. The van der Waals surface area contributed by atoms with Crippen molar-refractivity contribution in [2.24, 2.45) is 0 Å². The lowest BCUT2D eigenvalue weighted by Gasteiger charge is -2.06. The zero-order valence-corrected chi connectivity index (χ0v) is 8.51. The molecule has 1 rings (SSSR count). The van der Waals surface area contributed by atoms with Gasteiger partial charge in [0.1, 0.15) is 0 Å². The molecule has 1 aromatic heterocycles. The molecule has 3 nitrogen and oxygen atoms in total. The molecule has 4 heteroatoms.